The third-order valence-corrected chi connectivity index (χ3v) is 5.14. The predicted molar refractivity (Wildman–Crippen MR) is 69.2 cm³/mol. The fraction of sp³-hybridized carbons (Fsp3) is 1.00. The van der Waals surface area contributed by atoms with Gasteiger partial charge in [0.15, 0.2) is 0 Å². The van der Waals surface area contributed by atoms with Gasteiger partial charge in [0, 0.05) is 5.25 Å². The van der Waals surface area contributed by atoms with Crippen LogP contribution in [0.15, 0.2) is 0 Å². The molecule has 0 bridgehead atoms. The van der Waals surface area contributed by atoms with Crippen LogP contribution in [0.4, 0.5) is 0 Å². The second-order valence-electron chi connectivity index (χ2n) is 5.21. The standard InChI is InChI=1S/C13H26OS/c1-7-12-10(5)9(4)11(6)13(14-12)15-8(2)3/h8-13H,7H2,1-6H3/t9-,10+,11?,12?,13+/m1/s1. The van der Waals surface area contributed by atoms with Crippen LogP contribution in [0.1, 0.15) is 48.0 Å². The molecule has 0 radical (unpaired) electrons. The monoisotopic (exact) mass is 230 g/mol. The van der Waals surface area contributed by atoms with Gasteiger partial charge in [-0.1, -0.05) is 41.5 Å². The fourth-order valence-corrected chi connectivity index (χ4v) is 3.62. The molecule has 1 aliphatic rings. The Labute approximate surface area is 99.3 Å². The molecule has 15 heavy (non-hydrogen) atoms. The first kappa shape index (κ1) is 13.4. The number of hydrogen-bond donors (Lipinski definition) is 0. The van der Waals surface area contributed by atoms with E-state index in [9.17, 15) is 0 Å². The summed E-state index contributed by atoms with van der Waals surface area (Å²) in [5.41, 5.74) is 0.404. The van der Waals surface area contributed by atoms with E-state index in [1.807, 2.05) is 11.8 Å². The Bertz CT molecular complexity index is 191. The normalized spacial score (nSPS) is 42.2. The Kier molecular flexibility index (Phi) is 4.98. The van der Waals surface area contributed by atoms with E-state index in [0.29, 0.717) is 28.6 Å². The smallest absolute Gasteiger partial charge is 0.106 e. The second-order valence-corrected chi connectivity index (χ2v) is 6.89. The quantitative estimate of drug-likeness (QED) is 0.719. The Morgan fingerprint density at radius 2 is 1.67 bits per heavy atom. The van der Waals surface area contributed by atoms with Gasteiger partial charge < -0.3 is 4.74 Å². The number of thioether (sulfide) groups is 1. The molecule has 0 saturated carbocycles. The second kappa shape index (κ2) is 5.58. The molecule has 0 aromatic rings. The molecule has 2 heteroatoms. The van der Waals surface area contributed by atoms with Gasteiger partial charge in [0.1, 0.15) is 5.44 Å². The van der Waals surface area contributed by atoms with Gasteiger partial charge in [-0.2, -0.15) is 0 Å². The average molecular weight is 230 g/mol. The van der Waals surface area contributed by atoms with Crippen LogP contribution in [0, 0.1) is 17.8 Å². The third-order valence-electron chi connectivity index (χ3n) is 3.79. The summed E-state index contributed by atoms with van der Waals surface area (Å²) in [6.07, 6.45) is 1.61. The first-order valence-electron chi connectivity index (χ1n) is 6.28. The average Bonchev–Trinajstić information content (AvgIpc) is 2.18. The van der Waals surface area contributed by atoms with Gasteiger partial charge in [0.25, 0.3) is 0 Å². The van der Waals surface area contributed by atoms with E-state index in [1.54, 1.807) is 0 Å². The fourth-order valence-electron chi connectivity index (χ4n) is 2.38. The lowest BCUT2D eigenvalue weighted by Crippen LogP contribution is -2.43. The molecule has 0 aliphatic carbocycles. The van der Waals surface area contributed by atoms with Crippen molar-refractivity contribution >= 4 is 11.8 Å². The maximum absolute atomic E-state index is 6.20. The predicted octanol–water partition coefficient (Wildman–Crippen LogP) is 4.17. The minimum absolute atomic E-state index is 0.404. The van der Waals surface area contributed by atoms with Crippen molar-refractivity contribution < 1.29 is 4.74 Å². The van der Waals surface area contributed by atoms with Gasteiger partial charge in [-0.15, -0.1) is 11.8 Å². The summed E-state index contributed by atoms with van der Waals surface area (Å²) in [6.45, 7) is 13.8. The van der Waals surface area contributed by atoms with Crippen molar-refractivity contribution in [2.24, 2.45) is 17.8 Å². The highest BCUT2D eigenvalue weighted by atomic mass is 32.2. The van der Waals surface area contributed by atoms with Crippen molar-refractivity contribution in [3.8, 4) is 0 Å². The lowest BCUT2D eigenvalue weighted by molar-refractivity contribution is -0.0946. The van der Waals surface area contributed by atoms with E-state index < -0.39 is 0 Å². The van der Waals surface area contributed by atoms with Crippen LogP contribution in [-0.4, -0.2) is 16.8 Å². The van der Waals surface area contributed by atoms with Gasteiger partial charge in [-0.3, -0.25) is 0 Å². The molecule has 5 atom stereocenters. The van der Waals surface area contributed by atoms with Crippen LogP contribution in [0.25, 0.3) is 0 Å². The molecule has 0 N–H and O–H groups in total. The van der Waals surface area contributed by atoms with E-state index in [2.05, 4.69) is 41.5 Å². The van der Waals surface area contributed by atoms with Crippen LogP contribution in [-0.2, 0) is 4.74 Å². The maximum atomic E-state index is 6.20. The Hall–Kier alpha value is 0.310. The summed E-state index contributed by atoms with van der Waals surface area (Å²) >= 11 is 1.99. The van der Waals surface area contributed by atoms with E-state index >= 15 is 0 Å². The summed E-state index contributed by atoms with van der Waals surface area (Å²) in [7, 11) is 0. The van der Waals surface area contributed by atoms with Gasteiger partial charge in [-0.05, 0) is 24.2 Å². The lowest BCUT2D eigenvalue weighted by Gasteiger charge is -2.43. The molecular formula is C13H26OS. The van der Waals surface area contributed by atoms with Crippen LogP contribution < -0.4 is 0 Å². The summed E-state index contributed by atoms with van der Waals surface area (Å²) in [5, 5.41) is 0.663. The Morgan fingerprint density at radius 3 is 2.13 bits per heavy atom. The zero-order valence-electron chi connectivity index (χ0n) is 11.0. The molecule has 1 saturated heterocycles. The summed E-state index contributed by atoms with van der Waals surface area (Å²) in [5.74, 6) is 2.16. The molecular weight excluding hydrogens is 204 g/mol. The number of rotatable bonds is 3. The van der Waals surface area contributed by atoms with E-state index in [4.69, 9.17) is 4.74 Å². The van der Waals surface area contributed by atoms with Crippen molar-refractivity contribution in [3.63, 3.8) is 0 Å². The van der Waals surface area contributed by atoms with Crippen LogP contribution >= 0.6 is 11.8 Å². The molecule has 0 aromatic heterocycles. The molecule has 1 heterocycles. The first-order chi connectivity index (χ1) is 6.97. The molecule has 1 rings (SSSR count). The molecule has 0 aromatic carbocycles. The van der Waals surface area contributed by atoms with Gasteiger partial charge >= 0.3 is 0 Å². The molecule has 1 aliphatic heterocycles. The number of ether oxygens (including phenoxy) is 1. The minimum atomic E-state index is 0.404. The highest BCUT2D eigenvalue weighted by Gasteiger charge is 2.38. The molecule has 0 amide bonds. The molecule has 2 unspecified atom stereocenters. The van der Waals surface area contributed by atoms with Gasteiger partial charge in [0.2, 0.25) is 0 Å². The number of hydrogen-bond acceptors (Lipinski definition) is 2. The minimum Gasteiger partial charge on any atom is -0.364 e. The van der Waals surface area contributed by atoms with Crippen molar-refractivity contribution in [2.75, 3.05) is 0 Å². The van der Waals surface area contributed by atoms with Gasteiger partial charge in [-0.25, -0.2) is 0 Å². The first-order valence-corrected chi connectivity index (χ1v) is 7.22. The topological polar surface area (TPSA) is 9.23 Å². The molecule has 90 valence electrons. The third kappa shape index (κ3) is 3.13. The summed E-state index contributed by atoms with van der Waals surface area (Å²) < 4.78 is 6.20. The Balaban J connectivity index is 2.65. The largest absolute Gasteiger partial charge is 0.364 e. The van der Waals surface area contributed by atoms with Crippen molar-refractivity contribution in [3.05, 3.63) is 0 Å². The maximum Gasteiger partial charge on any atom is 0.106 e. The highest BCUT2D eigenvalue weighted by molar-refractivity contribution is 8.00. The molecule has 1 fully saturated rings. The van der Waals surface area contributed by atoms with Crippen LogP contribution in [0.2, 0.25) is 0 Å². The molecule has 0 spiro atoms. The van der Waals surface area contributed by atoms with Crippen LogP contribution in [0.5, 0.6) is 0 Å². The highest BCUT2D eigenvalue weighted by Crippen LogP contribution is 2.41. The zero-order valence-corrected chi connectivity index (χ0v) is 11.8. The SMILES string of the molecule is CCC1O[C@@H](SC(C)C)C(C)[C@H](C)[C@@H]1C. The van der Waals surface area contributed by atoms with Gasteiger partial charge in [0.05, 0.1) is 6.10 Å². The lowest BCUT2D eigenvalue weighted by atomic mass is 9.79. The van der Waals surface area contributed by atoms with Crippen molar-refractivity contribution in [2.45, 2.75) is 64.8 Å². The Morgan fingerprint density at radius 1 is 1.07 bits per heavy atom. The van der Waals surface area contributed by atoms with E-state index in [0.717, 1.165) is 12.3 Å². The van der Waals surface area contributed by atoms with Crippen molar-refractivity contribution in [1.82, 2.24) is 0 Å². The van der Waals surface area contributed by atoms with Crippen molar-refractivity contribution in [1.29, 1.82) is 0 Å². The summed E-state index contributed by atoms with van der Waals surface area (Å²) in [6, 6.07) is 0. The zero-order chi connectivity index (χ0) is 11.6. The van der Waals surface area contributed by atoms with E-state index in [-0.39, 0.29) is 0 Å². The van der Waals surface area contributed by atoms with E-state index in [1.165, 1.54) is 0 Å². The van der Waals surface area contributed by atoms with Crippen LogP contribution in [0.3, 0.4) is 0 Å². The molecule has 1 nitrogen and oxygen atoms in total. The summed E-state index contributed by atoms with van der Waals surface area (Å²) in [4.78, 5) is 0.